The lowest BCUT2D eigenvalue weighted by Gasteiger charge is -1.84. The molecule has 1 atom stereocenters. The maximum absolute atomic E-state index is 11.8. The molecule has 0 saturated carbocycles. The first kappa shape index (κ1) is 5.12. The molecule has 0 bridgehead atoms. The van der Waals surface area contributed by atoms with E-state index in [-0.39, 0.29) is 0 Å². The molecule has 0 aromatic heterocycles. The summed E-state index contributed by atoms with van der Waals surface area (Å²) in [5.74, 6) is 0. The lowest BCUT2D eigenvalue weighted by molar-refractivity contribution is 0.572. The molecule has 6 heavy (non-hydrogen) atoms. The van der Waals surface area contributed by atoms with Gasteiger partial charge in [-0.1, -0.05) is 10.8 Å². The molecule has 0 spiro atoms. The van der Waals surface area contributed by atoms with Crippen LogP contribution in [0.15, 0.2) is 0 Å². The van der Waals surface area contributed by atoms with Crippen molar-refractivity contribution in [3.63, 3.8) is 0 Å². The van der Waals surface area contributed by atoms with E-state index in [1.54, 1.807) is 10.8 Å². The highest BCUT2D eigenvalue weighted by Crippen LogP contribution is 2.45. The zero-order chi connectivity index (χ0) is 4.41. The maximum Gasteiger partial charge on any atom is 0.202 e. The highest BCUT2D eigenvalue weighted by Gasteiger charge is 2.13. The van der Waals surface area contributed by atoms with E-state index >= 15 is 0 Å². The number of thioether (sulfide) groups is 1. The predicted molar refractivity (Wildman–Crippen MR) is 32.5 cm³/mol. The van der Waals surface area contributed by atoms with Crippen molar-refractivity contribution in [1.82, 2.24) is 0 Å². The van der Waals surface area contributed by atoms with Gasteiger partial charge in [0.05, 0.1) is 5.08 Å². The highest BCUT2D eigenvalue weighted by atomic mass is 33.1. The Kier molecular flexibility index (Phi) is 1.99. The van der Waals surface area contributed by atoms with Gasteiger partial charge in [0.25, 0.3) is 0 Å². The van der Waals surface area contributed by atoms with Gasteiger partial charge in [-0.25, -0.2) is 4.39 Å². The summed E-state index contributed by atoms with van der Waals surface area (Å²) in [5, 5.41) is 0.909. The fourth-order valence-corrected chi connectivity index (χ4v) is 4.21. The van der Waals surface area contributed by atoms with E-state index in [0.717, 1.165) is 5.08 Å². The number of alkyl halides is 1. The molecule has 0 aromatic rings. The van der Waals surface area contributed by atoms with Crippen molar-refractivity contribution >= 4 is 33.3 Å². The van der Waals surface area contributed by atoms with E-state index in [1.807, 2.05) is 0 Å². The van der Waals surface area contributed by atoms with Crippen LogP contribution in [0.5, 0.6) is 0 Å². The highest BCUT2D eigenvalue weighted by molar-refractivity contribution is 8.82. The minimum atomic E-state index is -0.657. The van der Waals surface area contributed by atoms with Crippen LogP contribution in [0.1, 0.15) is 0 Å². The lowest BCUT2D eigenvalue weighted by atomic mass is 11.8. The second kappa shape index (κ2) is 2.33. The molecule has 1 unspecified atom stereocenters. The van der Waals surface area contributed by atoms with Crippen molar-refractivity contribution in [3.05, 3.63) is 0 Å². The summed E-state index contributed by atoms with van der Waals surface area (Å²) >= 11 is 1.36. The minimum absolute atomic E-state index is 0.657. The minimum Gasteiger partial charge on any atom is -0.223 e. The fraction of sp³-hybridized carbons (Fsp3) is 1.00. The molecule has 4 heteroatoms. The molecule has 0 N–H and O–H groups in total. The molecule has 1 rings (SSSR count). The standard InChI is InChI=1S/C2H3FS3/c3-2-4-1-5-6-2/h2H,1H2. The van der Waals surface area contributed by atoms with E-state index in [2.05, 4.69) is 0 Å². The monoisotopic (exact) mass is 142 g/mol. The van der Waals surface area contributed by atoms with Crippen molar-refractivity contribution in [2.24, 2.45) is 0 Å². The Morgan fingerprint density at radius 1 is 1.67 bits per heavy atom. The summed E-state index contributed by atoms with van der Waals surface area (Å²) in [4.78, 5) is -0.657. The second-order valence-corrected chi connectivity index (χ2v) is 4.89. The Balaban J connectivity index is 2.18. The van der Waals surface area contributed by atoms with Crippen molar-refractivity contribution < 1.29 is 4.39 Å². The Bertz CT molecular complexity index is 42.1. The Hall–Kier alpha value is 0.980. The van der Waals surface area contributed by atoms with Crippen LogP contribution in [0, 0.1) is 0 Å². The van der Waals surface area contributed by atoms with E-state index in [0.29, 0.717) is 0 Å². The third kappa shape index (κ3) is 1.24. The topological polar surface area (TPSA) is 0 Å². The van der Waals surface area contributed by atoms with Gasteiger partial charge in [0, 0.05) is 0 Å². The quantitative estimate of drug-likeness (QED) is 0.476. The van der Waals surface area contributed by atoms with Crippen molar-refractivity contribution in [2.45, 2.75) is 4.84 Å². The van der Waals surface area contributed by atoms with E-state index in [4.69, 9.17) is 0 Å². The van der Waals surface area contributed by atoms with Gasteiger partial charge in [0.1, 0.15) is 0 Å². The Morgan fingerprint density at radius 2 is 2.50 bits per heavy atom. The van der Waals surface area contributed by atoms with Crippen LogP contribution in [0.3, 0.4) is 0 Å². The molecule has 0 nitrogen and oxygen atoms in total. The number of rotatable bonds is 0. The van der Waals surface area contributed by atoms with Crippen LogP contribution in [-0.2, 0) is 0 Å². The zero-order valence-electron chi connectivity index (χ0n) is 2.89. The molecule has 0 aromatic carbocycles. The summed E-state index contributed by atoms with van der Waals surface area (Å²) in [7, 11) is 2.90. The first-order chi connectivity index (χ1) is 2.89. The molecule has 0 radical (unpaired) electrons. The lowest BCUT2D eigenvalue weighted by Crippen LogP contribution is -1.70. The third-order valence-corrected chi connectivity index (χ3v) is 4.71. The van der Waals surface area contributed by atoms with Gasteiger partial charge in [-0.3, -0.25) is 0 Å². The largest absolute Gasteiger partial charge is 0.223 e. The molecule has 1 fully saturated rings. The van der Waals surface area contributed by atoms with Crippen molar-refractivity contribution in [1.29, 1.82) is 0 Å². The number of hydrogen-bond donors (Lipinski definition) is 0. The fourth-order valence-electron chi connectivity index (χ4n) is 0.190. The molecule has 0 amide bonds. The van der Waals surface area contributed by atoms with Crippen LogP contribution in [-0.4, -0.2) is 9.92 Å². The summed E-state index contributed by atoms with van der Waals surface area (Å²) in [5.41, 5.74) is 0. The van der Waals surface area contributed by atoms with Crippen LogP contribution < -0.4 is 0 Å². The van der Waals surface area contributed by atoms with Crippen LogP contribution in [0.2, 0.25) is 0 Å². The summed E-state index contributed by atoms with van der Waals surface area (Å²) in [6.07, 6.45) is 0. The maximum atomic E-state index is 11.8. The van der Waals surface area contributed by atoms with Gasteiger partial charge in [0.15, 0.2) is 0 Å². The van der Waals surface area contributed by atoms with Crippen LogP contribution >= 0.6 is 33.3 Å². The zero-order valence-corrected chi connectivity index (χ0v) is 5.34. The average molecular weight is 142 g/mol. The predicted octanol–water partition coefficient (Wildman–Crippen LogP) is 2.33. The first-order valence-electron chi connectivity index (χ1n) is 1.43. The van der Waals surface area contributed by atoms with Crippen molar-refractivity contribution in [2.75, 3.05) is 5.08 Å². The summed E-state index contributed by atoms with van der Waals surface area (Å²) < 4.78 is 11.8. The van der Waals surface area contributed by atoms with Gasteiger partial charge in [-0.15, -0.1) is 11.8 Å². The van der Waals surface area contributed by atoms with Gasteiger partial charge in [-0.05, 0) is 10.8 Å². The molecule has 1 heterocycles. The van der Waals surface area contributed by atoms with Crippen molar-refractivity contribution in [3.8, 4) is 0 Å². The normalized spacial score (nSPS) is 34.5. The summed E-state index contributed by atoms with van der Waals surface area (Å²) in [6, 6.07) is 0. The van der Waals surface area contributed by atoms with Gasteiger partial charge in [-0.2, -0.15) is 0 Å². The molecule has 1 aliphatic rings. The van der Waals surface area contributed by atoms with Crippen LogP contribution in [0.25, 0.3) is 0 Å². The first-order valence-corrected chi connectivity index (χ1v) is 4.86. The number of halogens is 1. The average Bonchev–Trinajstić information content (AvgIpc) is 1.86. The molecule has 0 aliphatic carbocycles. The van der Waals surface area contributed by atoms with Gasteiger partial charge >= 0.3 is 0 Å². The van der Waals surface area contributed by atoms with Crippen LogP contribution in [0.4, 0.5) is 4.39 Å². The SMILES string of the molecule is FC1SCSS1. The van der Waals surface area contributed by atoms with E-state index < -0.39 is 4.84 Å². The van der Waals surface area contributed by atoms with Gasteiger partial charge in [0.2, 0.25) is 4.84 Å². The van der Waals surface area contributed by atoms with Gasteiger partial charge < -0.3 is 0 Å². The molecule has 1 aliphatic heterocycles. The second-order valence-electron chi connectivity index (χ2n) is 0.773. The molecule has 36 valence electrons. The third-order valence-electron chi connectivity index (χ3n) is 0.391. The molecular formula is C2H3FS3. The molecular weight excluding hydrogens is 139 g/mol. The molecule has 1 saturated heterocycles. The Morgan fingerprint density at radius 3 is 2.67 bits per heavy atom. The summed E-state index contributed by atoms with van der Waals surface area (Å²) in [6.45, 7) is 0. The smallest absolute Gasteiger partial charge is 0.202 e. The van der Waals surface area contributed by atoms with E-state index in [9.17, 15) is 4.39 Å². The van der Waals surface area contributed by atoms with E-state index in [1.165, 1.54) is 22.6 Å². The number of hydrogen-bond acceptors (Lipinski definition) is 3. The Labute approximate surface area is 48.0 Å².